The van der Waals surface area contributed by atoms with Crippen LogP contribution in [0.5, 0.6) is 0 Å². The first-order chi connectivity index (χ1) is 6.56. The minimum atomic E-state index is -2.78. The van der Waals surface area contributed by atoms with Crippen molar-refractivity contribution in [1.29, 1.82) is 5.26 Å². The molecular formula is C9H8F2N2O. The van der Waals surface area contributed by atoms with E-state index in [2.05, 4.69) is 4.98 Å². The minimum Gasteiger partial charge on any atom is -0.361 e. The lowest BCUT2D eigenvalue weighted by molar-refractivity contribution is 0.149. The molecule has 0 saturated heterocycles. The Balaban J connectivity index is 3.27. The van der Waals surface area contributed by atoms with Crippen LogP contribution in [-0.4, -0.2) is 4.98 Å². The van der Waals surface area contributed by atoms with E-state index in [1.165, 1.54) is 6.92 Å². The fourth-order valence-corrected chi connectivity index (χ4v) is 1.22. The number of rotatable bonds is 2. The van der Waals surface area contributed by atoms with Gasteiger partial charge in [0.2, 0.25) is 0 Å². The van der Waals surface area contributed by atoms with Crippen molar-refractivity contribution < 1.29 is 8.78 Å². The summed E-state index contributed by atoms with van der Waals surface area (Å²) in [4.78, 5) is 13.8. The van der Waals surface area contributed by atoms with Crippen LogP contribution in [-0.2, 0) is 6.42 Å². The summed E-state index contributed by atoms with van der Waals surface area (Å²) in [6.07, 6.45) is -2.77. The normalized spacial score (nSPS) is 10.2. The van der Waals surface area contributed by atoms with Crippen LogP contribution in [0.1, 0.15) is 23.4 Å². The van der Waals surface area contributed by atoms with E-state index >= 15 is 0 Å². The maximum absolute atomic E-state index is 12.3. The van der Waals surface area contributed by atoms with E-state index in [-0.39, 0.29) is 12.1 Å². The van der Waals surface area contributed by atoms with E-state index in [1.54, 1.807) is 0 Å². The van der Waals surface area contributed by atoms with Gasteiger partial charge in [-0.25, -0.2) is 8.78 Å². The fraction of sp³-hybridized carbons (Fsp3) is 0.333. The summed E-state index contributed by atoms with van der Waals surface area (Å²) in [7, 11) is 0. The summed E-state index contributed by atoms with van der Waals surface area (Å²) in [5.41, 5.74) is -0.759. The van der Waals surface area contributed by atoms with Crippen LogP contribution in [0.25, 0.3) is 0 Å². The SMILES string of the molecule is Cc1[nH]c(CC#N)cc(=O)c1C(F)F. The van der Waals surface area contributed by atoms with Crippen molar-refractivity contribution in [2.45, 2.75) is 19.8 Å². The number of nitrogens with one attached hydrogen (secondary N) is 1. The molecule has 0 bridgehead atoms. The van der Waals surface area contributed by atoms with Gasteiger partial charge in [0.1, 0.15) is 0 Å². The Morgan fingerprint density at radius 2 is 2.29 bits per heavy atom. The molecule has 0 aliphatic rings. The molecule has 3 nitrogen and oxygen atoms in total. The molecular weight excluding hydrogens is 190 g/mol. The van der Waals surface area contributed by atoms with Crippen LogP contribution < -0.4 is 5.43 Å². The predicted octanol–water partition coefficient (Wildman–Crippen LogP) is 1.69. The van der Waals surface area contributed by atoms with E-state index in [0.717, 1.165) is 6.07 Å². The Bertz CT molecular complexity index is 431. The highest BCUT2D eigenvalue weighted by Crippen LogP contribution is 2.17. The van der Waals surface area contributed by atoms with Crippen molar-refractivity contribution in [3.8, 4) is 6.07 Å². The first kappa shape index (κ1) is 10.4. The zero-order chi connectivity index (χ0) is 10.7. The van der Waals surface area contributed by atoms with Crippen LogP contribution >= 0.6 is 0 Å². The molecule has 0 amide bonds. The number of hydrogen-bond donors (Lipinski definition) is 1. The molecule has 14 heavy (non-hydrogen) atoms. The summed E-state index contributed by atoms with van der Waals surface area (Å²) in [6, 6.07) is 2.87. The summed E-state index contributed by atoms with van der Waals surface area (Å²) in [6.45, 7) is 1.39. The van der Waals surface area contributed by atoms with Gasteiger partial charge in [-0.15, -0.1) is 0 Å². The minimum absolute atomic E-state index is 0.0135. The number of hydrogen-bond acceptors (Lipinski definition) is 2. The van der Waals surface area contributed by atoms with Crippen LogP contribution in [0.4, 0.5) is 8.78 Å². The van der Waals surface area contributed by atoms with E-state index in [9.17, 15) is 13.6 Å². The smallest absolute Gasteiger partial charge is 0.269 e. The van der Waals surface area contributed by atoms with Gasteiger partial charge in [0.15, 0.2) is 5.43 Å². The molecule has 0 aromatic carbocycles. The average molecular weight is 198 g/mol. The molecule has 0 fully saturated rings. The number of aryl methyl sites for hydroxylation is 1. The van der Waals surface area contributed by atoms with E-state index < -0.39 is 17.4 Å². The number of nitrogens with zero attached hydrogens (tertiary/aromatic N) is 1. The Morgan fingerprint density at radius 1 is 1.64 bits per heavy atom. The van der Waals surface area contributed by atoms with Crippen molar-refractivity contribution in [2.75, 3.05) is 0 Å². The lowest BCUT2D eigenvalue weighted by Gasteiger charge is -2.05. The highest BCUT2D eigenvalue weighted by atomic mass is 19.3. The van der Waals surface area contributed by atoms with Crippen LogP contribution in [0, 0.1) is 18.3 Å². The van der Waals surface area contributed by atoms with Crippen molar-refractivity contribution in [3.63, 3.8) is 0 Å². The lowest BCUT2D eigenvalue weighted by atomic mass is 10.1. The molecule has 0 saturated carbocycles. The van der Waals surface area contributed by atoms with Crippen molar-refractivity contribution in [1.82, 2.24) is 4.98 Å². The topological polar surface area (TPSA) is 56.6 Å². The number of alkyl halides is 2. The van der Waals surface area contributed by atoms with Gasteiger partial charge in [0, 0.05) is 17.5 Å². The van der Waals surface area contributed by atoms with Crippen LogP contribution in [0.3, 0.4) is 0 Å². The lowest BCUT2D eigenvalue weighted by Crippen LogP contribution is -2.14. The van der Waals surface area contributed by atoms with Gasteiger partial charge in [0.05, 0.1) is 18.1 Å². The monoisotopic (exact) mass is 198 g/mol. The average Bonchev–Trinajstić information content (AvgIpc) is 2.01. The summed E-state index contributed by atoms with van der Waals surface area (Å²) in [5.74, 6) is 0. The fourth-order valence-electron chi connectivity index (χ4n) is 1.22. The molecule has 1 rings (SSSR count). The number of nitriles is 1. The van der Waals surface area contributed by atoms with Crippen molar-refractivity contribution in [2.24, 2.45) is 0 Å². The quantitative estimate of drug-likeness (QED) is 0.786. The maximum atomic E-state index is 12.3. The third-order valence-electron chi connectivity index (χ3n) is 1.81. The summed E-state index contributed by atoms with van der Waals surface area (Å²) < 4.78 is 24.6. The second-order valence-corrected chi connectivity index (χ2v) is 2.83. The number of halogens is 2. The van der Waals surface area contributed by atoms with E-state index in [4.69, 9.17) is 5.26 Å². The highest BCUT2D eigenvalue weighted by molar-refractivity contribution is 5.24. The number of aromatic nitrogens is 1. The molecule has 0 aliphatic heterocycles. The standard InChI is InChI=1S/C9H8F2N2O/c1-5-8(9(10)11)7(14)4-6(13-5)2-3-12/h4,9H,2H2,1H3,(H,13,14). The predicted molar refractivity (Wildman–Crippen MR) is 46.1 cm³/mol. The molecule has 1 heterocycles. The van der Waals surface area contributed by atoms with Gasteiger partial charge in [-0.3, -0.25) is 4.79 Å². The Kier molecular flexibility index (Phi) is 2.97. The van der Waals surface area contributed by atoms with Gasteiger partial charge in [-0.2, -0.15) is 5.26 Å². The van der Waals surface area contributed by atoms with Gasteiger partial charge in [-0.1, -0.05) is 0 Å². The van der Waals surface area contributed by atoms with Crippen LogP contribution in [0.2, 0.25) is 0 Å². The number of H-pyrrole nitrogens is 1. The second kappa shape index (κ2) is 4.01. The second-order valence-electron chi connectivity index (χ2n) is 2.83. The number of aromatic amines is 1. The van der Waals surface area contributed by atoms with Crippen LogP contribution in [0.15, 0.2) is 10.9 Å². The molecule has 74 valence electrons. The zero-order valence-electron chi connectivity index (χ0n) is 7.47. The molecule has 1 aromatic rings. The third kappa shape index (κ3) is 1.96. The highest BCUT2D eigenvalue weighted by Gasteiger charge is 2.15. The first-order valence-electron chi connectivity index (χ1n) is 3.94. The molecule has 1 N–H and O–H groups in total. The molecule has 0 aliphatic carbocycles. The van der Waals surface area contributed by atoms with Gasteiger partial charge in [0.25, 0.3) is 6.43 Å². The van der Waals surface area contributed by atoms with Gasteiger partial charge in [-0.05, 0) is 6.92 Å². The maximum Gasteiger partial charge on any atom is 0.269 e. The summed E-state index contributed by atoms with van der Waals surface area (Å²) >= 11 is 0. The molecule has 0 radical (unpaired) electrons. The third-order valence-corrected chi connectivity index (χ3v) is 1.81. The zero-order valence-corrected chi connectivity index (χ0v) is 7.47. The summed E-state index contributed by atoms with van der Waals surface area (Å²) in [5, 5.41) is 8.36. The molecule has 5 heteroatoms. The largest absolute Gasteiger partial charge is 0.361 e. The molecule has 1 aromatic heterocycles. The van der Waals surface area contributed by atoms with E-state index in [1.807, 2.05) is 6.07 Å². The Labute approximate surface area is 79.0 Å². The first-order valence-corrected chi connectivity index (χ1v) is 3.94. The molecule has 0 spiro atoms. The number of pyridine rings is 1. The Hall–Kier alpha value is -1.70. The van der Waals surface area contributed by atoms with Crippen molar-refractivity contribution in [3.05, 3.63) is 33.2 Å². The molecule has 0 unspecified atom stereocenters. The Morgan fingerprint density at radius 3 is 2.71 bits per heavy atom. The van der Waals surface area contributed by atoms with Gasteiger partial charge < -0.3 is 4.98 Å². The van der Waals surface area contributed by atoms with Gasteiger partial charge >= 0.3 is 0 Å². The molecule has 0 atom stereocenters. The van der Waals surface area contributed by atoms with Crippen molar-refractivity contribution >= 4 is 0 Å². The van der Waals surface area contributed by atoms with E-state index in [0.29, 0.717) is 5.69 Å².